The molecule has 1 aliphatic carbocycles. The Labute approximate surface area is 136 Å². The second-order valence-corrected chi connectivity index (χ2v) is 6.16. The summed E-state index contributed by atoms with van der Waals surface area (Å²) in [5.74, 6) is -0.151. The number of halogens is 1. The first kappa shape index (κ1) is 17.4. The lowest BCUT2D eigenvalue weighted by Gasteiger charge is -2.14. The van der Waals surface area contributed by atoms with E-state index in [2.05, 4.69) is 10.6 Å². The van der Waals surface area contributed by atoms with Crippen LogP contribution in [0.15, 0.2) is 30.4 Å². The minimum Gasteiger partial charge on any atom is -0.396 e. The smallest absolute Gasteiger partial charge is 0.315 e. The van der Waals surface area contributed by atoms with Gasteiger partial charge in [-0.05, 0) is 32.1 Å². The highest BCUT2D eigenvalue weighted by molar-refractivity contribution is 5.74. The molecule has 0 aromatic heterocycles. The Morgan fingerprint density at radius 3 is 2.78 bits per heavy atom. The summed E-state index contributed by atoms with van der Waals surface area (Å²) >= 11 is 0. The van der Waals surface area contributed by atoms with Crippen molar-refractivity contribution in [1.82, 2.24) is 15.5 Å². The molecule has 0 radical (unpaired) electrons. The molecule has 126 valence electrons. The van der Waals surface area contributed by atoms with Gasteiger partial charge in [0.2, 0.25) is 0 Å². The number of urea groups is 1. The second kappa shape index (κ2) is 8.08. The molecule has 3 N–H and O–H groups in total. The molecule has 5 nitrogen and oxygen atoms in total. The van der Waals surface area contributed by atoms with E-state index in [0.717, 1.165) is 5.56 Å². The van der Waals surface area contributed by atoms with Gasteiger partial charge in [-0.1, -0.05) is 24.3 Å². The summed E-state index contributed by atoms with van der Waals surface area (Å²) < 4.78 is 14.0. The first-order valence-electron chi connectivity index (χ1n) is 7.73. The SMILES string of the molecule is CN(C)Cc1ccc(CNC(=O)N[C@@H]2C=C[C@H](CO)C2)cc1F. The van der Waals surface area contributed by atoms with Gasteiger partial charge >= 0.3 is 6.03 Å². The number of aliphatic hydroxyl groups is 1. The van der Waals surface area contributed by atoms with Crippen molar-refractivity contribution in [3.8, 4) is 0 Å². The lowest BCUT2D eigenvalue weighted by Crippen LogP contribution is -2.40. The van der Waals surface area contributed by atoms with Gasteiger partial charge in [-0.25, -0.2) is 9.18 Å². The predicted molar refractivity (Wildman–Crippen MR) is 87.3 cm³/mol. The van der Waals surface area contributed by atoms with Crippen molar-refractivity contribution in [2.45, 2.75) is 25.6 Å². The summed E-state index contributed by atoms with van der Waals surface area (Å²) in [6.07, 6.45) is 4.50. The van der Waals surface area contributed by atoms with Gasteiger partial charge < -0.3 is 20.6 Å². The number of hydrogen-bond donors (Lipinski definition) is 3. The minimum absolute atomic E-state index is 0.0636. The third-order valence-electron chi connectivity index (χ3n) is 3.78. The van der Waals surface area contributed by atoms with Crippen molar-refractivity contribution in [2.75, 3.05) is 20.7 Å². The van der Waals surface area contributed by atoms with Crippen LogP contribution in [0.25, 0.3) is 0 Å². The van der Waals surface area contributed by atoms with Crippen LogP contribution in [-0.2, 0) is 13.1 Å². The van der Waals surface area contributed by atoms with E-state index in [1.165, 1.54) is 6.07 Å². The van der Waals surface area contributed by atoms with Crippen molar-refractivity contribution in [2.24, 2.45) is 5.92 Å². The zero-order valence-corrected chi connectivity index (χ0v) is 13.6. The molecule has 0 bridgehead atoms. The van der Waals surface area contributed by atoms with Crippen molar-refractivity contribution in [3.63, 3.8) is 0 Å². The van der Waals surface area contributed by atoms with Gasteiger partial charge in [-0.15, -0.1) is 0 Å². The standard InChI is InChI=1S/C17H24FN3O2/c1-21(2)10-14-5-3-12(8-16(14)18)9-19-17(23)20-15-6-4-13(7-15)11-22/h3-6,8,13,15,22H,7,9-11H2,1-2H3,(H2,19,20,23)/t13-,15+/m0/s1. The molecule has 0 aliphatic heterocycles. The van der Waals surface area contributed by atoms with E-state index in [4.69, 9.17) is 5.11 Å². The predicted octanol–water partition coefficient (Wildman–Crippen LogP) is 1.62. The molecule has 2 rings (SSSR count). The zero-order valence-electron chi connectivity index (χ0n) is 13.6. The van der Waals surface area contributed by atoms with Crippen LogP contribution in [0.1, 0.15) is 17.5 Å². The van der Waals surface area contributed by atoms with E-state index in [9.17, 15) is 9.18 Å². The maximum absolute atomic E-state index is 14.0. The molecule has 6 heteroatoms. The van der Waals surface area contributed by atoms with E-state index in [0.29, 0.717) is 18.5 Å². The van der Waals surface area contributed by atoms with Crippen LogP contribution < -0.4 is 10.6 Å². The number of benzene rings is 1. The Bertz CT molecular complexity index is 575. The average molecular weight is 321 g/mol. The second-order valence-electron chi connectivity index (χ2n) is 6.16. The van der Waals surface area contributed by atoms with E-state index in [1.54, 1.807) is 6.07 Å². The summed E-state index contributed by atoms with van der Waals surface area (Å²) in [6.45, 7) is 0.903. The molecule has 0 heterocycles. The van der Waals surface area contributed by atoms with Gasteiger partial charge in [-0.3, -0.25) is 0 Å². The third kappa shape index (κ3) is 5.33. The molecule has 2 atom stereocenters. The van der Waals surface area contributed by atoms with Crippen LogP contribution in [0.5, 0.6) is 0 Å². The van der Waals surface area contributed by atoms with E-state index in [1.807, 2.05) is 37.2 Å². The number of hydrogen-bond acceptors (Lipinski definition) is 3. The number of rotatable bonds is 6. The fraction of sp³-hybridized carbons (Fsp3) is 0.471. The zero-order chi connectivity index (χ0) is 16.8. The van der Waals surface area contributed by atoms with Gasteiger partial charge in [0.05, 0.1) is 0 Å². The normalized spacial score (nSPS) is 20.0. The van der Waals surface area contributed by atoms with Gasteiger partial charge in [0.15, 0.2) is 0 Å². The topological polar surface area (TPSA) is 64.6 Å². The molecule has 1 aliphatic rings. The molecular weight excluding hydrogens is 297 g/mol. The monoisotopic (exact) mass is 321 g/mol. The van der Waals surface area contributed by atoms with Gasteiger partial charge in [0, 0.05) is 37.2 Å². The first-order chi connectivity index (χ1) is 11.0. The minimum atomic E-state index is -0.295. The molecule has 0 unspecified atom stereocenters. The molecule has 23 heavy (non-hydrogen) atoms. The molecule has 0 saturated heterocycles. The van der Waals surface area contributed by atoms with Crippen molar-refractivity contribution >= 4 is 6.03 Å². The van der Waals surface area contributed by atoms with Gasteiger partial charge in [0.1, 0.15) is 5.82 Å². The van der Waals surface area contributed by atoms with Crippen LogP contribution in [0, 0.1) is 11.7 Å². The molecule has 0 fully saturated rings. The summed E-state index contributed by atoms with van der Waals surface area (Å²) in [5, 5.41) is 14.6. The van der Waals surface area contributed by atoms with Gasteiger partial charge in [0.25, 0.3) is 0 Å². The lowest BCUT2D eigenvalue weighted by molar-refractivity contribution is 0.231. The first-order valence-corrected chi connectivity index (χ1v) is 7.73. The Kier molecular flexibility index (Phi) is 6.12. The number of carbonyl (C=O) groups is 1. The summed E-state index contributed by atoms with van der Waals surface area (Å²) in [5.41, 5.74) is 1.35. The largest absolute Gasteiger partial charge is 0.396 e. The van der Waals surface area contributed by atoms with Crippen LogP contribution >= 0.6 is 0 Å². The highest BCUT2D eigenvalue weighted by atomic mass is 19.1. The maximum atomic E-state index is 14.0. The molecule has 1 aromatic rings. The number of amides is 2. The fourth-order valence-electron chi connectivity index (χ4n) is 2.59. The highest BCUT2D eigenvalue weighted by Gasteiger charge is 2.19. The average Bonchev–Trinajstić information content (AvgIpc) is 2.95. The van der Waals surface area contributed by atoms with Gasteiger partial charge in [-0.2, -0.15) is 0 Å². The summed E-state index contributed by atoms with van der Waals surface area (Å²) in [6, 6.07) is 4.66. The van der Waals surface area contributed by atoms with E-state index in [-0.39, 0.29) is 37.0 Å². The van der Waals surface area contributed by atoms with Crippen molar-refractivity contribution in [1.29, 1.82) is 0 Å². The van der Waals surface area contributed by atoms with Crippen molar-refractivity contribution < 1.29 is 14.3 Å². The molecule has 0 saturated carbocycles. The number of nitrogens with zero attached hydrogens (tertiary/aromatic N) is 1. The van der Waals surface area contributed by atoms with Crippen LogP contribution in [-0.4, -0.2) is 42.8 Å². The van der Waals surface area contributed by atoms with Crippen LogP contribution in [0.3, 0.4) is 0 Å². The fourth-order valence-corrected chi connectivity index (χ4v) is 2.59. The van der Waals surface area contributed by atoms with E-state index >= 15 is 0 Å². The molecule has 2 amide bonds. The summed E-state index contributed by atoms with van der Waals surface area (Å²) in [7, 11) is 3.77. The highest BCUT2D eigenvalue weighted by Crippen LogP contribution is 2.17. The van der Waals surface area contributed by atoms with E-state index < -0.39 is 0 Å². The van der Waals surface area contributed by atoms with Crippen LogP contribution in [0.2, 0.25) is 0 Å². The Balaban J connectivity index is 1.80. The molecule has 1 aromatic carbocycles. The maximum Gasteiger partial charge on any atom is 0.315 e. The quantitative estimate of drug-likeness (QED) is 0.698. The lowest BCUT2D eigenvalue weighted by atomic mass is 10.1. The number of aliphatic hydroxyl groups excluding tert-OH is 1. The number of nitrogens with one attached hydrogen (secondary N) is 2. The Morgan fingerprint density at radius 1 is 1.39 bits per heavy atom. The Morgan fingerprint density at radius 2 is 2.17 bits per heavy atom. The Hall–Kier alpha value is -1.92. The number of carbonyl (C=O) groups excluding carboxylic acids is 1. The van der Waals surface area contributed by atoms with Crippen LogP contribution in [0.4, 0.5) is 9.18 Å². The van der Waals surface area contributed by atoms with Crippen molar-refractivity contribution in [3.05, 3.63) is 47.3 Å². The summed E-state index contributed by atoms with van der Waals surface area (Å²) in [4.78, 5) is 13.7. The third-order valence-corrected chi connectivity index (χ3v) is 3.78. The molecule has 0 spiro atoms. The molecular formula is C17H24FN3O2.